The van der Waals surface area contributed by atoms with Gasteiger partial charge in [-0.05, 0) is 12.1 Å². The van der Waals surface area contributed by atoms with Crippen molar-refractivity contribution in [1.82, 2.24) is 25.2 Å². The van der Waals surface area contributed by atoms with Gasteiger partial charge < -0.3 is 0 Å². The minimum Gasteiger partial charge on any atom is -0.271 e. The monoisotopic (exact) mass is 252 g/mol. The van der Waals surface area contributed by atoms with Crippen molar-refractivity contribution in [2.24, 2.45) is 12.9 Å². The van der Waals surface area contributed by atoms with Crippen molar-refractivity contribution < 1.29 is 0 Å². The van der Waals surface area contributed by atoms with Crippen molar-refractivity contribution in [2.75, 3.05) is 0 Å². The molecule has 2 aromatic heterocycles. The lowest BCUT2D eigenvalue weighted by Crippen LogP contribution is -2.31. The predicted molar refractivity (Wildman–Crippen MR) is 64.0 cm³/mol. The molecule has 0 saturated heterocycles. The molecular weight excluding hydrogens is 240 g/mol. The third-order valence-corrected chi connectivity index (χ3v) is 2.83. The molecule has 0 spiro atoms. The molecule has 0 bridgehead atoms. The van der Waals surface area contributed by atoms with Gasteiger partial charge >= 0.3 is 0 Å². The Labute approximate surface area is 104 Å². The van der Waals surface area contributed by atoms with Gasteiger partial charge in [-0.1, -0.05) is 11.6 Å². The summed E-state index contributed by atoms with van der Waals surface area (Å²) in [6.07, 6.45) is 3.76. The highest BCUT2D eigenvalue weighted by Gasteiger charge is 2.17. The SMILES string of the molecule is Cn1ncnc1CC(NN)c1ncccc1Cl. The number of aryl methyl sites for hydroxylation is 1. The van der Waals surface area contributed by atoms with Crippen LogP contribution in [0.25, 0.3) is 0 Å². The van der Waals surface area contributed by atoms with E-state index in [1.807, 2.05) is 7.05 Å². The first-order valence-corrected chi connectivity index (χ1v) is 5.49. The highest BCUT2D eigenvalue weighted by atomic mass is 35.5. The number of hydrogen-bond acceptors (Lipinski definition) is 5. The van der Waals surface area contributed by atoms with E-state index in [1.54, 1.807) is 23.0 Å². The van der Waals surface area contributed by atoms with Gasteiger partial charge in [-0.3, -0.25) is 20.9 Å². The van der Waals surface area contributed by atoms with E-state index in [0.717, 1.165) is 5.82 Å². The van der Waals surface area contributed by atoms with Crippen molar-refractivity contribution in [3.63, 3.8) is 0 Å². The first-order chi connectivity index (χ1) is 8.22. The summed E-state index contributed by atoms with van der Waals surface area (Å²) in [6.45, 7) is 0. The summed E-state index contributed by atoms with van der Waals surface area (Å²) in [4.78, 5) is 8.37. The fraction of sp³-hybridized carbons (Fsp3) is 0.300. The van der Waals surface area contributed by atoms with Gasteiger partial charge in [-0.2, -0.15) is 5.10 Å². The molecule has 1 atom stereocenters. The molecule has 2 rings (SSSR count). The van der Waals surface area contributed by atoms with Gasteiger partial charge in [0.25, 0.3) is 0 Å². The zero-order valence-corrected chi connectivity index (χ0v) is 10.1. The molecule has 17 heavy (non-hydrogen) atoms. The van der Waals surface area contributed by atoms with Gasteiger partial charge in [0.15, 0.2) is 0 Å². The van der Waals surface area contributed by atoms with Crippen LogP contribution in [0.1, 0.15) is 17.6 Å². The molecule has 6 nitrogen and oxygen atoms in total. The Hall–Kier alpha value is -1.50. The van der Waals surface area contributed by atoms with Crippen LogP contribution in [0.4, 0.5) is 0 Å². The predicted octanol–water partition coefficient (Wildman–Crippen LogP) is 0.611. The lowest BCUT2D eigenvalue weighted by atomic mass is 10.1. The van der Waals surface area contributed by atoms with Crippen molar-refractivity contribution in [3.05, 3.63) is 41.2 Å². The second-order valence-electron chi connectivity index (χ2n) is 3.59. The van der Waals surface area contributed by atoms with Crippen molar-refractivity contribution in [3.8, 4) is 0 Å². The third kappa shape index (κ3) is 2.60. The van der Waals surface area contributed by atoms with Crippen LogP contribution in [0.3, 0.4) is 0 Å². The van der Waals surface area contributed by atoms with Crippen LogP contribution < -0.4 is 11.3 Å². The molecule has 0 saturated carbocycles. The summed E-state index contributed by atoms with van der Waals surface area (Å²) >= 11 is 6.08. The average Bonchev–Trinajstić information content (AvgIpc) is 2.73. The molecule has 0 amide bonds. The van der Waals surface area contributed by atoms with Crippen molar-refractivity contribution in [1.29, 1.82) is 0 Å². The summed E-state index contributed by atoms with van der Waals surface area (Å²) in [5.74, 6) is 6.35. The van der Waals surface area contributed by atoms with Gasteiger partial charge in [-0.15, -0.1) is 0 Å². The largest absolute Gasteiger partial charge is 0.271 e. The Morgan fingerprint density at radius 3 is 2.94 bits per heavy atom. The van der Waals surface area contributed by atoms with E-state index in [0.29, 0.717) is 17.1 Å². The Morgan fingerprint density at radius 2 is 2.35 bits per heavy atom. The average molecular weight is 253 g/mol. The lowest BCUT2D eigenvalue weighted by Gasteiger charge is -2.15. The van der Waals surface area contributed by atoms with Crippen LogP contribution in [0.2, 0.25) is 5.02 Å². The number of nitrogens with one attached hydrogen (secondary N) is 1. The van der Waals surface area contributed by atoms with Crippen LogP contribution in [0, 0.1) is 0 Å². The topological polar surface area (TPSA) is 81.7 Å². The van der Waals surface area contributed by atoms with Crippen molar-refractivity contribution in [2.45, 2.75) is 12.5 Å². The number of halogens is 1. The number of pyridine rings is 1. The molecule has 1 unspecified atom stereocenters. The van der Waals surface area contributed by atoms with Gasteiger partial charge in [0, 0.05) is 19.7 Å². The minimum atomic E-state index is -0.188. The summed E-state index contributed by atoms with van der Waals surface area (Å²) in [5.41, 5.74) is 3.40. The van der Waals surface area contributed by atoms with Gasteiger partial charge in [0.1, 0.15) is 12.2 Å². The van der Waals surface area contributed by atoms with Crippen LogP contribution in [-0.4, -0.2) is 19.7 Å². The Morgan fingerprint density at radius 1 is 1.53 bits per heavy atom. The molecule has 0 aromatic carbocycles. The Kier molecular flexibility index (Phi) is 3.68. The number of aromatic nitrogens is 4. The molecule has 2 aromatic rings. The van der Waals surface area contributed by atoms with E-state index < -0.39 is 0 Å². The second-order valence-corrected chi connectivity index (χ2v) is 4.00. The molecule has 3 N–H and O–H groups in total. The number of hydrazine groups is 1. The number of rotatable bonds is 4. The van der Waals surface area contributed by atoms with Crippen LogP contribution >= 0.6 is 11.6 Å². The molecule has 0 aliphatic heterocycles. The quantitative estimate of drug-likeness (QED) is 0.616. The van der Waals surface area contributed by atoms with Gasteiger partial charge in [0.2, 0.25) is 0 Å². The molecular formula is C10H13ClN6. The van der Waals surface area contributed by atoms with Crippen LogP contribution in [0.15, 0.2) is 24.7 Å². The molecule has 0 aliphatic rings. The standard InChI is InChI=1S/C10H13ClN6/c1-17-9(14-6-15-17)5-8(16-12)10-7(11)3-2-4-13-10/h2-4,6,8,16H,5,12H2,1H3. The Balaban J connectivity index is 2.23. The first-order valence-electron chi connectivity index (χ1n) is 5.11. The maximum atomic E-state index is 6.08. The van der Waals surface area contributed by atoms with E-state index in [4.69, 9.17) is 17.4 Å². The molecule has 0 radical (unpaired) electrons. The van der Waals surface area contributed by atoms with E-state index in [9.17, 15) is 0 Å². The molecule has 7 heteroatoms. The summed E-state index contributed by atoms with van der Waals surface area (Å²) < 4.78 is 1.70. The van der Waals surface area contributed by atoms with Crippen LogP contribution in [-0.2, 0) is 13.5 Å². The Bertz CT molecular complexity index is 497. The maximum Gasteiger partial charge on any atom is 0.138 e. The number of nitrogens with zero attached hydrogens (tertiary/aromatic N) is 4. The third-order valence-electron chi connectivity index (χ3n) is 2.51. The molecule has 2 heterocycles. The normalized spacial score (nSPS) is 12.6. The zero-order chi connectivity index (χ0) is 12.3. The number of nitrogens with two attached hydrogens (primary N) is 1. The number of hydrogen-bond donors (Lipinski definition) is 2. The van der Waals surface area contributed by atoms with Gasteiger partial charge in [0.05, 0.1) is 16.8 Å². The second kappa shape index (κ2) is 5.22. The highest BCUT2D eigenvalue weighted by molar-refractivity contribution is 6.31. The summed E-state index contributed by atoms with van der Waals surface area (Å²) in [5, 5.41) is 4.58. The highest BCUT2D eigenvalue weighted by Crippen LogP contribution is 2.21. The maximum absolute atomic E-state index is 6.08. The fourth-order valence-corrected chi connectivity index (χ4v) is 1.83. The van der Waals surface area contributed by atoms with E-state index in [1.165, 1.54) is 6.33 Å². The van der Waals surface area contributed by atoms with E-state index in [-0.39, 0.29) is 6.04 Å². The smallest absolute Gasteiger partial charge is 0.138 e. The molecule has 90 valence electrons. The summed E-state index contributed by atoms with van der Waals surface area (Å²) in [7, 11) is 1.83. The van der Waals surface area contributed by atoms with Crippen LogP contribution in [0.5, 0.6) is 0 Å². The van der Waals surface area contributed by atoms with E-state index >= 15 is 0 Å². The fourth-order valence-electron chi connectivity index (χ4n) is 1.58. The van der Waals surface area contributed by atoms with E-state index in [2.05, 4.69) is 20.5 Å². The first kappa shape index (κ1) is 12.0. The molecule has 0 fully saturated rings. The minimum absolute atomic E-state index is 0.188. The molecule has 0 aliphatic carbocycles. The summed E-state index contributed by atoms with van der Waals surface area (Å²) in [6, 6.07) is 3.37. The van der Waals surface area contributed by atoms with Gasteiger partial charge in [-0.25, -0.2) is 4.98 Å². The van der Waals surface area contributed by atoms with Crippen molar-refractivity contribution >= 4 is 11.6 Å². The lowest BCUT2D eigenvalue weighted by molar-refractivity contribution is 0.512. The zero-order valence-electron chi connectivity index (χ0n) is 9.34.